The minimum Gasteiger partial charge on any atom is -0.468 e. The maximum Gasteiger partial charge on any atom is 0.338 e. The predicted octanol–water partition coefficient (Wildman–Crippen LogP) is 4.64. The van der Waals surface area contributed by atoms with Crippen molar-refractivity contribution in [1.29, 1.82) is 0 Å². The molecule has 4 atom stereocenters. The molecule has 212 valence electrons. The molecule has 0 fully saturated rings. The molecule has 9 heteroatoms. The van der Waals surface area contributed by atoms with Crippen LogP contribution in [0.15, 0.2) is 48.5 Å². The molecular formula is C30H39NO8. The van der Waals surface area contributed by atoms with E-state index in [0.717, 1.165) is 0 Å². The number of methoxy groups -OCH3 is 1. The van der Waals surface area contributed by atoms with Gasteiger partial charge in [-0.3, -0.25) is 14.4 Å². The van der Waals surface area contributed by atoms with Crippen LogP contribution in [0.5, 0.6) is 11.5 Å². The first kappa shape index (κ1) is 31.5. The summed E-state index contributed by atoms with van der Waals surface area (Å²) >= 11 is 0. The normalized spacial score (nSPS) is 14.7. The topological polar surface area (TPSA) is 131 Å². The molecular weight excluding hydrogens is 502 g/mol. The van der Waals surface area contributed by atoms with Gasteiger partial charge >= 0.3 is 23.9 Å². The van der Waals surface area contributed by atoms with Gasteiger partial charge in [-0.2, -0.15) is 0 Å². The zero-order valence-electron chi connectivity index (χ0n) is 23.5. The van der Waals surface area contributed by atoms with Gasteiger partial charge in [0.1, 0.15) is 11.6 Å². The molecule has 0 saturated carbocycles. The highest BCUT2D eigenvalue weighted by atomic mass is 16.6. The fourth-order valence-corrected chi connectivity index (χ4v) is 3.75. The number of rotatable bonds is 13. The lowest BCUT2D eigenvalue weighted by Gasteiger charge is -2.29. The minimum absolute atomic E-state index is 0.0274. The lowest BCUT2D eigenvalue weighted by molar-refractivity contribution is -0.148. The van der Waals surface area contributed by atoms with Crippen LogP contribution in [0, 0.1) is 11.8 Å². The van der Waals surface area contributed by atoms with Gasteiger partial charge in [0.2, 0.25) is 0 Å². The number of ether oxygens (including phenoxy) is 4. The van der Waals surface area contributed by atoms with Crippen LogP contribution in [0.1, 0.15) is 69.8 Å². The van der Waals surface area contributed by atoms with Crippen LogP contribution in [0.3, 0.4) is 0 Å². The van der Waals surface area contributed by atoms with Crippen molar-refractivity contribution < 1.29 is 38.1 Å². The molecule has 0 heterocycles. The molecule has 0 amide bonds. The average Bonchev–Trinajstić information content (AvgIpc) is 2.92. The van der Waals surface area contributed by atoms with Gasteiger partial charge in [-0.25, -0.2) is 4.79 Å². The second kappa shape index (κ2) is 14.4. The lowest BCUT2D eigenvalue weighted by Crippen LogP contribution is -2.53. The van der Waals surface area contributed by atoms with Crippen molar-refractivity contribution in [2.45, 2.75) is 71.9 Å². The first-order valence-electron chi connectivity index (χ1n) is 13.1. The Morgan fingerprint density at radius 3 is 1.95 bits per heavy atom. The third kappa shape index (κ3) is 8.92. The zero-order valence-corrected chi connectivity index (χ0v) is 23.5. The molecule has 2 aromatic rings. The van der Waals surface area contributed by atoms with Crippen molar-refractivity contribution in [3.8, 4) is 11.5 Å². The number of carbonyl (C=O) groups is 4. The van der Waals surface area contributed by atoms with Crippen LogP contribution in [0.4, 0.5) is 0 Å². The Morgan fingerprint density at radius 2 is 1.41 bits per heavy atom. The van der Waals surface area contributed by atoms with Crippen molar-refractivity contribution in [2.75, 3.05) is 7.11 Å². The van der Waals surface area contributed by atoms with E-state index >= 15 is 0 Å². The molecule has 0 aliphatic rings. The third-order valence-electron chi connectivity index (χ3n) is 6.54. The Bertz CT molecular complexity index is 1150. The lowest BCUT2D eigenvalue weighted by atomic mass is 9.86. The SMILES string of the molecule is CCC(C)C(=O)Oc1ccc(CC(N)(C[C@H](C)OC(=O)c2ccccc2)C(=O)OC)cc1OC(=O)C(C)CC. The zero-order chi connectivity index (χ0) is 29.2. The van der Waals surface area contributed by atoms with E-state index in [2.05, 4.69) is 0 Å². The van der Waals surface area contributed by atoms with Gasteiger partial charge in [-0.15, -0.1) is 0 Å². The summed E-state index contributed by atoms with van der Waals surface area (Å²) < 4.78 is 21.6. The number of carbonyl (C=O) groups excluding carboxylic acids is 4. The number of esters is 4. The second-order valence-corrected chi connectivity index (χ2v) is 9.85. The number of nitrogens with two attached hydrogens (primary N) is 1. The summed E-state index contributed by atoms with van der Waals surface area (Å²) in [6, 6.07) is 13.1. The number of benzene rings is 2. The van der Waals surface area contributed by atoms with Crippen LogP contribution >= 0.6 is 0 Å². The highest BCUT2D eigenvalue weighted by Crippen LogP contribution is 2.32. The molecule has 2 rings (SSSR count). The van der Waals surface area contributed by atoms with Crippen LogP contribution in [-0.2, 0) is 30.3 Å². The van der Waals surface area contributed by atoms with Crippen LogP contribution in [0.25, 0.3) is 0 Å². The van der Waals surface area contributed by atoms with E-state index in [4.69, 9.17) is 24.7 Å². The van der Waals surface area contributed by atoms with Gasteiger partial charge in [0.15, 0.2) is 11.5 Å². The molecule has 2 aromatic carbocycles. The molecule has 0 spiro atoms. The van der Waals surface area contributed by atoms with Gasteiger partial charge in [0, 0.05) is 12.8 Å². The van der Waals surface area contributed by atoms with E-state index in [0.29, 0.717) is 24.0 Å². The summed E-state index contributed by atoms with van der Waals surface area (Å²) in [5.74, 6) is -2.77. The molecule has 3 unspecified atom stereocenters. The minimum atomic E-state index is -1.57. The standard InChI is InChI=1S/C30H39NO8/c1-7-19(3)26(32)38-24-15-14-22(16-25(24)39-27(33)20(4)8-2)18-30(31,29(35)36-6)17-21(5)37-28(34)23-12-10-9-11-13-23/h9-16,19-21H,7-8,17-18,31H2,1-6H3/t19?,20?,21-,30?/m0/s1. The van der Waals surface area contributed by atoms with E-state index in [-0.39, 0.29) is 36.2 Å². The first-order chi connectivity index (χ1) is 18.4. The molecule has 0 bridgehead atoms. The van der Waals surface area contributed by atoms with Crippen LogP contribution in [-0.4, -0.2) is 42.6 Å². The molecule has 0 aromatic heterocycles. The van der Waals surface area contributed by atoms with Crippen molar-refractivity contribution in [2.24, 2.45) is 17.6 Å². The summed E-state index contributed by atoms with van der Waals surface area (Å²) in [5, 5.41) is 0. The monoisotopic (exact) mass is 541 g/mol. The van der Waals surface area contributed by atoms with E-state index in [1.807, 2.05) is 13.8 Å². The van der Waals surface area contributed by atoms with E-state index in [9.17, 15) is 19.2 Å². The molecule has 2 N–H and O–H groups in total. The molecule has 0 aliphatic carbocycles. The summed E-state index contributed by atoms with van der Waals surface area (Å²) in [5.41, 5.74) is 5.87. The predicted molar refractivity (Wildman–Crippen MR) is 145 cm³/mol. The van der Waals surface area contributed by atoms with Gasteiger partial charge in [0.25, 0.3) is 0 Å². The number of hydrogen-bond donors (Lipinski definition) is 1. The fraction of sp³-hybridized carbons (Fsp3) is 0.467. The van der Waals surface area contributed by atoms with Gasteiger partial charge in [-0.05, 0) is 49.6 Å². The van der Waals surface area contributed by atoms with E-state index < -0.39 is 35.5 Å². The smallest absolute Gasteiger partial charge is 0.338 e. The van der Waals surface area contributed by atoms with Crippen LogP contribution < -0.4 is 15.2 Å². The molecule has 39 heavy (non-hydrogen) atoms. The van der Waals surface area contributed by atoms with E-state index in [1.54, 1.807) is 57.2 Å². The van der Waals surface area contributed by atoms with Gasteiger partial charge in [0.05, 0.1) is 24.5 Å². The first-order valence-corrected chi connectivity index (χ1v) is 13.1. The largest absolute Gasteiger partial charge is 0.468 e. The molecule has 9 nitrogen and oxygen atoms in total. The van der Waals surface area contributed by atoms with E-state index in [1.165, 1.54) is 19.2 Å². The van der Waals surface area contributed by atoms with Crippen molar-refractivity contribution in [3.63, 3.8) is 0 Å². The molecule has 0 aliphatic heterocycles. The van der Waals surface area contributed by atoms with Crippen molar-refractivity contribution in [3.05, 3.63) is 59.7 Å². The molecule has 0 saturated heterocycles. The average molecular weight is 542 g/mol. The third-order valence-corrected chi connectivity index (χ3v) is 6.54. The maximum absolute atomic E-state index is 12.8. The second-order valence-electron chi connectivity index (χ2n) is 9.85. The Kier molecular flexibility index (Phi) is 11.7. The summed E-state index contributed by atoms with van der Waals surface area (Å²) in [6.07, 6.45) is 0.362. The maximum atomic E-state index is 12.8. The quantitative estimate of drug-likeness (QED) is 0.285. The Labute approximate surface area is 229 Å². The number of hydrogen-bond acceptors (Lipinski definition) is 9. The van der Waals surface area contributed by atoms with Gasteiger partial charge < -0.3 is 24.7 Å². The summed E-state index contributed by atoms with van der Waals surface area (Å²) in [7, 11) is 1.22. The Morgan fingerprint density at radius 1 is 0.846 bits per heavy atom. The summed E-state index contributed by atoms with van der Waals surface area (Å²) in [6.45, 7) is 8.84. The molecule has 0 radical (unpaired) electrons. The Hall–Kier alpha value is -3.72. The summed E-state index contributed by atoms with van der Waals surface area (Å²) in [4.78, 5) is 50.3. The van der Waals surface area contributed by atoms with Crippen molar-refractivity contribution >= 4 is 23.9 Å². The highest BCUT2D eigenvalue weighted by molar-refractivity contribution is 5.89. The van der Waals surface area contributed by atoms with Gasteiger partial charge in [-0.1, -0.05) is 52.0 Å². The Balaban J connectivity index is 2.33. The van der Waals surface area contributed by atoms with Crippen molar-refractivity contribution in [1.82, 2.24) is 0 Å². The van der Waals surface area contributed by atoms with Crippen LogP contribution in [0.2, 0.25) is 0 Å². The highest BCUT2D eigenvalue weighted by Gasteiger charge is 2.38. The fourth-order valence-electron chi connectivity index (χ4n) is 3.75.